The summed E-state index contributed by atoms with van der Waals surface area (Å²) in [5, 5.41) is 0.465. The van der Waals surface area contributed by atoms with Crippen molar-refractivity contribution in [3.63, 3.8) is 0 Å². The van der Waals surface area contributed by atoms with Crippen LogP contribution in [0.15, 0.2) is 77.7 Å². The van der Waals surface area contributed by atoms with Crippen molar-refractivity contribution >= 4 is 27.3 Å². The second-order valence-electron chi connectivity index (χ2n) is 8.05. The van der Waals surface area contributed by atoms with Gasteiger partial charge in [0.05, 0.1) is 17.7 Å². The molecule has 1 heterocycles. The highest BCUT2D eigenvalue weighted by Crippen LogP contribution is 2.32. The topological polar surface area (TPSA) is 49.9 Å². The van der Waals surface area contributed by atoms with Gasteiger partial charge in [0.1, 0.15) is 11.6 Å². The normalized spacial score (nSPS) is 15.4. The molecule has 1 aliphatic rings. The van der Waals surface area contributed by atoms with Crippen molar-refractivity contribution in [2.75, 3.05) is 24.5 Å². The highest BCUT2D eigenvalue weighted by molar-refractivity contribution is 7.92. The summed E-state index contributed by atoms with van der Waals surface area (Å²) in [5.41, 5.74) is 1.55. The number of halogens is 2. The summed E-state index contributed by atoms with van der Waals surface area (Å²) >= 11 is 5.96. The van der Waals surface area contributed by atoms with Gasteiger partial charge in [-0.15, -0.1) is 0 Å². The summed E-state index contributed by atoms with van der Waals surface area (Å²) in [5.74, 6) is 0.437. The summed E-state index contributed by atoms with van der Waals surface area (Å²) in [6.07, 6.45) is 1.30. The van der Waals surface area contributed by atoms with Gasteiger partial charge in [0.15, 0.2) is 0 Å². The van der Waals surface area contributed by atoms with Crippen molar-refractivity contribution in [1.29, 1.82) is 0 Å². The molecule has 3 aromatic carbocycles. The number of nitrogens with zero attached hydrogens (tertiary/aromatic N) is 2. The number of likely N-dealkylation sites (tertiary alicyclic amines) is 1. The van der Waals surface area contributed by atoms with Crippen molar-refractivity contribution < 1.29 is 17.5 Å². The Hall–Kier alpha value is -2.61. The highest BCUT2D eigenvalue weighted by atomic mass is 35.5. The molecular weight excluding hydrogens is 463 g/mol. The van der Waals surface area contributed by atoms with E-state index in [-0.39, 0.29) is 10.9 Å². The SMILES string of the molecule is COc1ccccc1CN1CCC(N(c2ccc(F)cc2)S(=O)(=O)c2ccc(Cl)cc2)CC1. The first-order valence-electron chi connectivity index (χ1n) is 10.8. The molecule has 5 nitrogen and oxygen atoms in total. The summed E-state index contributed by atoms with van der Waals surface area (Å²) in [6.45, 7) is 2.20. The van der Waals surface area contributed by atoms with E-state index in [1.165, 1.54) is 40.7 Å². The van der Waals surface area contributed by atoms with Crippen molar-refractivity contribution in [3.8, 4) is 5.75 Å². The van der Waals surface area contributed by atoms with E-state index in [9.17, 15) is 12.8 Å². The van der Waals surface area contributed by atoms with Gasteiger partial charge in [-0.25, -0.2) is 12.8 Å². The maximum Gasteiger partial charge on any atom is 0.264 e. The number of rotatable bonds is 7. The molecule has 33 heavy (non-hydrogen) atoms. The first kappa shape index (κ1) is 23.5. The van der Waals surface area contributed by atoms with Crippen molar-refractivity contribution in [3.05, 3.63) is 89.2 Å². The fourth-order valence-corrected chi connectivity index (χ4v) is 6.08. The molecule has 0 aromatic heterocycles. The lowest BCUT2D eigenvalue weighted by molar-refractivity contribution is 0.204. The van der Waals surface area contributed by atoms with Crippen LogP contribution in [-0.4, -0.2) is 39.6 Å². The number of hydrogen-bond acceptors (Lipinski definition) is 4. The molecule has 0 spiro atoms. The van der Waals surface area contributed by atoms with Crippen LogP contribution in [-0.2, 0) is 16.6 Å². The Morgan fingerprint density at radius 2 is 1.64 bits per heavy atom. The van der Waals surface area contributed by atoms with Gasteiger partial charge in [0.2, 0.25) is 0 Å². The van der Waals surface area contributed by atoms with E-state index in [4.69, 9.17) is 16.3 Å². The minimum Gasteiger partial charge on any atom is -0.496 e. The number of anilines is 1. The molecular formula is C25H26ClFN2O3S. The van der Waals surface area contributed by atoms with Gasteiger partial charge in [0, 0.05) is 36.3 Å². The second-order valence-corrected chi connectivity index (χ2v) is 10.3. The van der Waals surface area contributed by atoms with E-state index in [1.807, 2.05) is 24.3 Å². The maximum absolute atomic E-state index is 13.6. The molecule has 0 saturated carbocycles. The molecule has 0 aliphatic carbocycles. The van der Waals surface area contributed by atoms with Crippen LogP contribution in [0.5, 0.6) is 5.75 Å². The molecule has 0 N–H and O–H groups in total. The minimum absolute atomic E-state index is 0.160. The first-order chi connectivity index (χ1) is 15.9. The highest BCUT2D eigenvalue weighted by Gasteiger charge is 2.34. The average molecular weight is 489 g/mol. The van der Waals surface area contributed by atoms with Gasteiger partial charge >= 0.3 is 0 Å². The standard InChI is InChI=1S/C25H26ClFN2O3S/c1-32-25-5-3-2-4-19(25)18-28-16-14-23(15-17-28)29(22-10-8-21(27)9-11-22)33(30,31)24-12-6-20(26)7-13-24/h2-13,23H,14-18H2,1H3. The molecule has 0 unspecified atom stereocenters. The Morgan fingerprint density at radius 3 is 2.27 bits per heavy atom. The molecule has 1 fully saturated rings. The number of hydrogen-bond donors (Lipinski definition) is 0. The number of ether oxygens (including phenoxy) is 1. The zero-order chi connectivity index (χ0) is 23.4. The van der Waals surface area contributed by atoms with E-state index in [0.717, 1.165) is 30.9 Å². The molecule has 174 valence electrons. The Morgan fingerprint density at radius 1 is 1.00 bits per heavy atom. The number of benzene rings is 3. The fourth-order valence-electron chi connectivity index (χ4n) is 4.24. The third kappa shape index (κ3) is 5.32. The van der Waals surface area contributed by atoms with Gasteiger partial charge in [-0.3, -0.25) is 9.21 Å². The van der Waals surface area contributed by atoms with Gasteiger partial charge in [-0.1, -0.05) is 29.8 Å². The Bertz CT molecular complexity index is 1180. The summed E-state index contributed by atoms with van der Waals surface area (Å²) in [6, 6.07) is 19.4. The Labute approximate surface area is 199 Å². The van der Waals surface area contributed by atoms with E-state index in [2.05, 4.69) is 4.90 Å². The van der Waals surface area contributed by atoms with Crippen LogP contribution < -0.4 is 9.04 Å². The predicted octanol–water partition coefficient (Wildman–Crippen LogP) is 5.35. The van der Waals surface area contributed by atoms with Crippen LogP contribution in [0.1, 0.15) is 18.4 Å². The van der Waals surface area contributed by atoms with Gasteiger partial charge in [-0.2, -0.15) is 0 Å². The maximum atomic E-state index is 13.6. The van der Waals surface area contributed by atoms with Crippen LogP contribution in [0, 0.1) is 5.82 Å². The third-order valence-electron chi connectivity index (χ3n) is 5.93. The van der Waals surface area contributed by atoms with Crippen LogP contribution in [0.25, 0.3) is 0 Å². The van der Waals surface area contributed by atoms with Crippen LogP contribution >= 0.6 is 11.6 Å². The lowest BCUT2D eigenvalue weighted by atomic mass is 10.0. The molecule has 4 rings (SSSR count). The summed E-state index contributed by atoms with van der Waals surface area (Å²) in [4.78, 5) is 2.46. The molecule has 0 bridgehead atoms. The minimum atomic E-state index is -3.86. The van der Waals surface area contributed by atoms with E-state index in [1.54, 1.807) is 19.2 Å². The molecule has 1 aliphatic heterocycles. The fraction of sp³-hybridized carbons (Fsp3) is 0.280. The van der Waals surface area contributed by atoms with Gasteiger partial charge in [0.25, 0.3) is 10.0 Å². The number of methoxy groups -OCH3 is 1. The van der Waals surface area contributed by atoms with Crippen molar-refractivity contribution in [2.45, 2.75) is 30.3 Å². The largest absolute Gasteiger partial charge is 0.496 e. The Balaban J connectivity index is 1.57. The lowest BCUT2D eigenvalue weighted by Gasteiger charge is -2.39. The first-order valence-corrected chi connectivity index (χ1v) is 12.6. The Kier molecular flexibility index (Phi) is 7.22. The third-order valence-corrected chi connectivity index (χ3v) is 8.07. The van der Waals surface area contributed by atoms with Gasteiger partial charge in [-0.05, 0) is 67.4 Å². The van der Waals surface area contributed by atoms with E-state index >= 15 is 0 Å². The summed E-state index contributed by atoms with van der Waals surface area (Å²) < 4.78 is 47.8. The predicted molar refractivity (Wildman–Crippen MR) is 129 cm³/mol. The molecule has 1 saturated heterocycles. The number of piperidine rings is 1. The average Bonchev–Trinajstić information content (AvgIpc) is 2.82. The molecule has 0 radical (unpaired) electrons. The molecule has 0 atom stereocenters. The molecule has 3 aromatic rings. The van der Waals surface area contributed by atoms with Crippen LogP contribution in [0.4, 0.5) is 10.1 Å². The molecule has 8 heteroatoms. The monoisotopic (exact) mass is 488 g/mol. The molecule has 0 amide bonds. The van der Waals surface area contributed by atoms with E-state index < -0.39 is 15.8 Å². The quantitative estimate of drug-likeness (QED) is 0.450. The smallest absolute Gasteiger partial charge is 0.264 e. The zero-order valence-corrected chi connectivity index (χ0v) is 19.9. The van der Waals surface area contributed by atoms with Crippen molar-refractivity contribution in [2.24, 2.45) is 0 Å². The lowest BCUT2D eigenvalue weighted by Crippen LogP contribution is -2.47. The van der Waals surface area contributed by atoms with Crippen LogP contribution in [0.3, 0.4) is 0 Å². The zero-order valence-electron chi connectivity index (χ0n) is 18.3. The van der Waals surface area contributed by atoms with Gasteiger partial charge < -0.3 is 4.74 Å². The summed E-state index contributed by atoms with van der Waals surface area (Å²) in [7, 11) is -2.20. The number of para-hydroxylation sites is 1. The van der Waals surface area contributed by atoms with Crippen LogP contribution in [0.2, 0.25) is 5.02 Å². The second kappa shape index (κ2) is 10.1. The van der Waals surface area contributed by atoms with Crippen molar-refractivity contribution in [1.82, 2.24) is 4.90 Å². The van der Waals surface area contributed by atoms with E-state index in [0.29, 0.717) is 23.6 Å². The number of sulfonamides is 1.